The lowest BCUT2D eigenvalue weighted by atomic mass is 9.89. The number of para-hydroxylation sites is 1. The predicted molar refractivity (Wildman–Crippen MR) is 121 cm³/mol. The van der Waals surface area contributed by atoms with Crippen molar-refractivity contribution in [1.82, 2.24) is 15.5 Å². The quantitative estimate of drug-likeness (QED) is 0.673. The van der Waals surface area contributed by atoms with Gasteiger partial charge in [-0.2, -0.15) is 0 Å². The zero-order chi connectivity index (χ0) is 18.6. The number of ether oxygens (including phenoxy) is 1. The van der Waals surface area contributed by atoms with E-state index in [4.69, 9.17) is 4.74 Å². The predicted octanol–water partition coefficient (Wildman–Crippen LogP) is 3.71. The third kappa shape index (κ3) is 6.00. The first kappa shape index (κ1) is 24.3. The minimum absolute atomic E-state index is 0. The molecule has 5 nitrogen and oxygen atoms in total. The first-order chi connectivity index (χ1) is 13.2. The van der Waals surface area contributed by atoms with Crippen LogP contribution in [0.1, 0.15) is 56.6 Å². The third-order valence-corrected chi connectivity index (χ3v) is 6.62. The molecule has 3 saturated heterocycles. The van der Waals surface area contributed by atoms with Gasteiger partial charge in [-0.3, -0.25) is 9.69 Å². The Hall–Kier alpha value is -1.01. The van der Waals surface area contributed by atoms with Crippen molar-refractivity contribution in [3.8, 4) is 5.75 Å². The highest BCUT2D eigenvalue weighted by atomic mass is 35.5. The fourth-order valence-electron chi connectivity index (χ4n) is 5.32. The molecule has 1 amide bonds. The smallest absolute Gasteiger partial charge is 0.220 e. The monoisotopic (exact) mass is 443 g/mol. The van der Waals surface area contributed by atoms with Crippen LogP contribution in [0.25, 0.3) is 0 Å². The zero-order valence-corrected chi connectivity index (χ0v) is 18.9. The fourth-order valence-corrected chi connectivity index (χ4v) is 5.32. The number of nitrogens with one attached hydrogen (secondary N) is 2. The van der Waals surface area contributed by atoms with Crippen molar-refractivity contribution in [2.45, 2.75) is 63.1 Å². The van der Waals surface area contributed by atoms with Crippen molar-refractivity contribution in [3.63, 3.8) is 0 Å². The molecule has 3 heterocycles. The average molecular weight is 444 g/mol. The van der Waals surface area contributed by atoms with Crippen molar-refractivity contribution in [2.75, 3.05) is 26.7 Å². The summed E-state index contributed by atoms with van der Waals surface area (Å²) in [6, 6.07) is 9.71. The second kappa shape index (κ2) is 11.4. The lowest BCUT2D eigenvalue weighted by Gasteiger charge is -2.31. The van der Waals surface area contributed by atoms with Crippen molar-refractivity contribution < 1.29 is 9.53 Å². The van der Waals surface area contributed by atoms with Crippen molar-refractivity contribution >= 4 is 30.7 Å². The van der Waals surface area contributed by atoms with E-state index in [1.165, 1.54) is 31.2 Å². The summed E-state index contributed by atoms with van der Waals surface area (Å²) in [6.07, 6.45) is 8.03. The highest BCUT2D eigenvalue weighted by Crippen LogP contribution is 2.33. The van der Waals surface area contributed by atoms with E-state index in [0.717, 1.165) is 31.7 Å². The molecule has 0 saturated carbocycles. The minimum atomic E-state index is 0. The Kier molecular flexibility index (Phi) is 9.54. The standard InChI is InChI=1S/C22H33N3O2.2ClH/c1-27-21-7-3-2-6-19(21)20(25-10-4-5-11-25)15-23-22(26)14-16-12-17-8-9-18(13-16)24-17;;/h2-3,6-7,16-18,20,24H,4-5,8-15H2,1H3,(H,23,26);2*1H. The number of rotatable bonds is 7. The van der Waals surface area contributed by atoms with Crippen molar-refractivity contribution in [3.05, 3.63) is 29.8 Å². The highest BCUT2D eigenvalue weighted by Gasteiger charge is 2.34. The van der Waals surface area contributed by atoms with Gasteiger partial charge >= 0.3 is 0 Å². The molecule has 1 aromatic carbocycles. The Morgan fingerprint density at radius 2 is 1.83 bits per heavy atom. The van der Waals surface area contributed by atoms with Gasteiger partial charge in [0.05, 0.1) is 13.2 Å². The molecule has 0 spiro atoms. The molecule has 3 atom stereocenters. The molecule has 3 fully saturated rings. The Morgan fingerprint density at radius 3 is 2.48 bits per heavy atom. The van der Waals surface area contributed by atoms with Crippen molar-refractivity contribution in [1.29, 1.82) is 0 Å². The van der Waals surface area contributed by atoms with Gasteiger partial charge in [0.2, 0.25) is 5.91 Å². The molecule has 2 bridgehead atoms. The van der Waals surface area contributed by atoms with Crippen LogP contribution in [0.5, 0.6) is 5.75 Å². The van der Waals surface area contributed by atoms with Gasteiger partial charge in [-0.1, -0.05) is 18.2 Å². The number of piperidine rings is 1. The van der Waals surface area contributed by atoms with E-state index in [2.05, 4.69) is 27.7 Å². The number of carbonyl (C=O) groups is 1. The number of nitrogens with zero attached hydrogens (tertiary/aromatic N) is 1. The van der Waals surface area contributed by atoms with E-state index in [1.54, 1.807) is 7.11 Å². The molecule has 0 radical (unpaired) electrons. The summed E-state index contributed by atoms with van der Waals surface area (Å²) in [7, 11) is 1.73. The molecular formula is C22H35Cl2N3O2. The molecule has 3 aliphatic rings. The van der Waals surface area contributed by atoms with Crippen LogP contribution in [0.3, 0.4) is 0 Å². The third-order valence-electron chi connectivity index (χ3n) is 6.62. The van der Waals surface area contributed by atoms with E-state index >= 15 is 0 Å². The Morgan fingerprint density at radius 1 is 1.17 bits per heavy atom. The maximum Gasteiger partial charge on any atom is 0.220 e. The number of amides is 1. The molecule has 7 heteroatoms. The molecule has 0 aromatic heterocycles. The normalized spacial score (nSPS) is 26.9. The minimum Gasteiger partial charge on any atom is -0.496 e. The van der Waals surface area contributed by atoms with Crippen LogP contribution in [-0.4, -0.2) is 49.6 Å². The SMILES string of the molecule is COc1ccccc1C(CNC(=O)CC1CC2CCC(C1)N2)N1CCCC1.Cl.Cl. The van der Waals surface area contributed by atoms with Gasteiger partial charge in [0.1, 0.15) is 5.75 Å². The van der Waals surface area contributed by atoms with E-state index in [0.29, 0.717) is 31.0 Å². The number of fused-ring (bicyclic) bond motifs is 2. The van der Waals surface area contributed by atoms with Gasteiger partial charge in [-0.05, 0) is 63.6 Å². The largest absolute Gasteiger partial charge is 0.496 e. The summed E-state index contributed by atoms with van der Waals surface area (Å²) < 4.78 is 5.60. The second-order valence-corrected chi connectivity index (χ2v) is 8.48. The van der Waals surface area contributed by atoms with E-state index < -0.39 is 0 Å². The molecule has 0 aliphatic carbocycles. The zero-order valence-electron chi connectivity index (χ0n) is 17.3. The van der Waals surface area contributed by atoms with Crippen LogP contribution in [-0.2, 0) is 4.79 Å². The summed E-state index contributed by atoms with van der Waals surface area (Å²) in [6.45, 7) is 2.85. The maximum absolute atomic E-state index is 12.7. The van der Waals surface area contributed by atoms with Crippen molar-refractivity contribution in [2.24, 2.45) is 5.92 Å². The summed E-state index contributed by atoms with van der Waals surface area (Å²) in [5, 5.41) is 6.91. The first-order valence-corrected chi connectivity index (χ1v) is 10.6. The van der Waals surface area contributed by atoms with Crippen LogP contribution in [0.2, 0.25) is 0 Å². The van der Waals surface area contributed by atoms with Gasteiger partial charge < -0.3 is 15.4 Å². The first-order valence-electron chi connectivity index (χ1n) is 10.6. The van der Waals surface area contributed by atoms with Crippen LogP contribution in [0, 0.1) is 5.92 Å². The van der Waals surface area contributed by atoms with Crippen LogP contribution >= 0.6 is 24.8 Å². The Labute approximate surface area is 187 Å². The van der Waals surface area contributed by atoms with E-state index in [9.17, 15) is 4.79 Å². The molecule has 164 valence electrons. The average Bonchev–Trinajstić information content (AvgIpc) is 3.32. The van der Waals surface area contributed by atoms with Gasteiger partial charge in [0.25, 0.3) is 0 Å². The lowest BCUT2D eigenvalue weighted by molar-refractivity contribution is -0.122. The van der Waals surface area contributed by atoms with Gasteiger partial charge in [0, 0.05) is 30.6 Å². The van der Waals surface area contributed by atoms with Gasteiger partial charge in [-0.25, -0.2) is 0 Å². The maximum atomic E-state index is 12.7. The van der Waals surface area contributed by atoms with E-state index in [-0.39, 0.29) is 36.8 Å². The lowest BCUT2D eigenvalue weighted by Crippen LogP contribution is -2.41. The van der Waals surface area contributed by atoms with Gasteiger partial charge in [-0.15, -0.1) is 24.8 Å². The Bertz CT molecular complexity index is 643. The number of benzene rings is 1. The number of hydrogen-bond donors (Lipinski definition) is 2. The molecule has 29 heavy (non-hydrogen) atoms. The summed E-state index contributed by atoms with van der Waals surface area (Å²) in [5.41, 5.74) is 1.18. The summed E-state index contributed by atoms with van der Waals surface area (Å²) in [4.78, 5) is 15.2. The number of carbonyl (C=O) groups excluding carboxylic acids is 1. The van der Waals surface area contributed by atoms with Crippen LogP contribution in [0.4, 0.5) is 0 Å². The molecule has 3 aliphatic heterocycles. The molecule has 2 N–H and O–H groups in total. The van der Waals surface area contributed by atoms with Crippen LogP contribution in [0.15, 0.2) is 24.3 Å². The van der Waals surface area contributed by atoms with Gasteiger partial charge in [0.15, 0.2) is 0 Å². The summed E-state index contributed by atoms with van der Waals surface area (Å²) in [5.74, 6) is 1.67. The number of hydrogen-bond acceptors (Lipinski definition) is 4. The molecular weight excluding hydrogens is 409 g/mol. The highest BCUT2D eigenvalue weighted by molar-refractivity contribution is 5.85. The number of methoxy groups -OCH3 is 1. The topological polar surface area (TPSA) is 53.6 Å². The van der Waals surface area contributed by atoms with E-state index in [1.807, 2.05) is 12.1 Å². The number of halogens is 2. The molecule has 3 unspecified atom stereocenters. The van der Waals surface area contributed by atoms with Crippen LogP contribution < -0.4 is 15.4 Å². The number of likely N-dealkylation sites (tertiary alicyclic amines) is 1. The Balaban J connectivity index is 0.00000150. The summed E-state index contributed by atoms with van der Waals surface area (Å²) >= 11 is 0. The molecule has 4 rings (SSSR count). The fraction of sp³-hybridized carbons (Fsp3) is 0.682. The second-order valence-electron chi connectivity index (χ2n) is 8.48. The molecule has 1 aromatic rings.